The first-order valence-electron chi connectivity index (χ1n) is 5.05. The molecule has 2 aliphatic heterocycles. The molecule has 0 aliphatic carbocycles. The molecule has 1 aromatic rings. The largest absolute Gasteiger partial charge is 0.384 e. The highest BCUT2D eigenvalue weighted by Gasteiger charge is 2.38. The van der Waals surface area contributed by atoms with Crippen LogP contribution in [0.2, 0.25) is 0 Å². The van der Waals surface area contributed by atoms with Crippen LogP contribution in [0.25, 0.3) is 0 Å². The van der Waals surface area contributed by atoms with E-state index in [1.165, 1.54) is 11.3 Å². The van der Waals surface area contributed by atoms with Crippen molar-refractivity contribution in [2.45, 2.75) is 6.04 Å². The monoisotopic (exact) mass is 190 g/mol. The van der Waals surface area contributed by atoms with Crippen LogP contribution in [0, 0.1) is 5.92 Å². The zero-order chi connectivity index (χ0) is 9.54. The maximum atomic E-state index is 5.55. The average molecular weight is 190 g/mol. The summed E-state index contributed by atoms with van der Waals surface area (Å²) in [7, 11) is 2.02. The summed E-state index contributed by atoms with van der Waals surface area (Å²) in [6.07, 6.45) is 0. The van der Waals surface area contributed by atoms with E-state index in [2.05, 4.69) is 29.6 Å². The number of nitrogens with zero attached hydrogens (tertiary/aromatic N) is 1. The van der Waals surface area contributed by atoms with Crippen LogP contribution >= 0.6 is 0 Å². The third kappa shape index (κ3) is 1.06. The van der Waals surface area contributed by atoms with E-state index >= 15 is 0 Å². The summed E-state index contributed by atoms with van der Waals surface area (Å²) in [4.78, 5) is 5.55. The van der Waals surface area contributed by atoms with Gasteiger partial charge in [-0.3, -0.25) is 4.84 Å². The van der Waals surface area contributed by atoms with Gasteiger partial charge in [0.05, 0.1) is 12.6 Å². The summed E-state index contributed by atoms with van der Waals surface area (Å²) in [5.74, 6) is 0.592. The van der Waals surface area contributed by atoms with Gasteiger partial charge in [-0.05, 0) is 11.6 Å². The Morgan fingerprint density at radius 2 is 2.29 bits per heavy atom. The van der Waals surface area contributed by atoms with Gasteiger partial charge in [0, 0.05) is 25.2 Å². The molecular formula is C11H14N2O. The molecule has 0 radical (unpaired) electrons. The molecule has 0 saturated carbocycles. The van der Waals surface area contributed by atoms with Crippen molar-refractivity contribution < 1.29 is 4.84 Å². The zero-order valence-electron chi connectivity index (χ0n) is 8.23. The van der Waals surface area contributed by atoms with Crippen molar-refractivity contribution in [2.75, 3.05) is 25.5 Å². The van der Waals surface area contributed by atoms with Crippen molar-refractivity contribution in [3.63, 3.8) is 0 Å². The van der Waals surface area contributed by atoms with Crippen molar-refractivity contribution in [1.29, 1.82) is 0 Å². The second-order valence-electron chi connectivity index (χ2n) is 4.02. The molecule has 2 atom stereocenters. The van der Waals surface area contributed by atoms with E-state index in [0.717, 1.165) is 13.2 Å². The quantitative estimate of drug-likeness (QED) is 0.673. The Hall–Kier alpha value is -1.06. The lowest BCUT2D eigenvalue weighted by Gasteiger charge is -2.30. The molecule has 0 unspecified atom stereocenters. The maximum absolute atomic E-state index is 5.55. The molecular weight excluding hydrogens is 176 g/mol. The van der Waals surface area contributed by atoms with Gasteiger partial charge >= 0.3 is 0 Å². The molecule has 74 valence electrons. The lowest BCUT2D eigenvalue weighted by Crippen LogP contribution is -2.30. The van der Waals surface area contributed by atoms with E-state index < -0.39 is 0 Å². The first-order valence-corrected chi connectivity index (χ1v) is 5.05. The third-order valence-corrected chi connectivity index (χ3v) is 3.16. The summed E-state index contributed by atoms with van der Waals surface area (Å²) < 4.78 is 0. The van der Waals surface area contributed by atoms with Crippen molar-refractivity contribution in [2.24, 2.45) is 5.92 Å². The van der Waals surface area contributed by atoms with Crippen LogP contribution in [0.5, 0.6) is 0 Å². The molecule has 0 spiro atoms. The minimum Gasteiger partial charge on any atom is -0.384 e. The fourth-order valence-electron chi connectivity index (χ4n) is 2.46. The number of para-hydroxylation sites is 1. The Kier molecular flexibility index (Phi) is 1.75. The van der Waals surface area contributed by atoms with Gasteiger partial charge in [-0.25, -0.2) is 0 Å². The van der Waals surface area contributed by atoms with E-state index in [1.54, 1.807) is 0 Å². The summed E-state index contributed by atoms with van der Waals surface area (Å²) in [5, 5.41) is 5.44. The van der Waals surface area contributed by atoms with Gasteiger partial charge < -0.3 is 5.32 Å². The second-order valence-corrected chi connectivity index (χ2v) is 4.02. The van der Waals surface area contributed by atoms with Gasteiger partial charge in [-0.1, -0.05) is 18.2 Å². The molecule has 3 rings (SSSR count). The SMILES string of the molecule is CN1OC[C@@H]2CNc3ccccc3[C@@H]21. The molecule has 0 bridgehead atoms. The molecule has 1 N–H and O–H groups in total. The minimum absolute atomic E-state index is 0.437. The predicted molar refractivity (Wildman–Crippen MR) is 54.9 cm³/mol. The van der Waals surface area contributed by atoms with E-state index in [0.29, 0.717) is 12.0 Å². The van der Waals surface area contributed by atoms with Crippen LogP contribution < -0.4 is 5.32 Å². The van der Waals surface area contributed by atoms with Crippen molar-refractivity contribution >= 4 is 5.69 Å². The van der Waals surface area contributed by atoms with Crippen LogP contribution in [0.4, 0.5) is 5.69 Å². The summed E-state index contributed by atoms with van der Waals surface area (Å²) in [6, 6.07) is 8.92. The molecule has 0 amide bonds. The highest BCUT2D eigenvalue weighted by molar-refractivity contribution is 5.55. The Morgan fingerprint density at radius 1 is 1.43 bits per heavy atom. The number of nitrogens with one attached hydrogen (secondary N) is 1. The Labute approximate surface area is 83.6 Å². The minimum atomic E-state index is 0.437. The highest BCUT2D eigenvalue weighted by atomic mass is 16.7. The first kappa shape index (κ1) is 8.26. The van der Waals surface area contributed by atoms with Gasteiger partial charge in [0.2, 0.25) is 0 Å². The third-order valence-electron chi connectivity index (χ3n) is 3.16. The van der Waals surface area contributed by atoms with Gasteiger partial charge in [-0.2, -0.15) is 5.06 Å². The Balaban J connectivity index is 2.07. The van der Waals surface area contributed by atoms with Crippen LogP contribution in [0.1, 0.15) is 11.6 Å². The fraction of sp³-hybridized carbons (Fsp3) is 0.455. The molecule has 3 nitrogen and oxygen atoms in total. The lowest BCUT2D eigenvalue weighted by molar-refractivity contribution is -0.110. The van der Waals surface area contributed by atoms with Gasteiger partial charge in [-0.15, -0.1) is 0 Å². The van der Waals surface area contributed by atoms with Gasteiger partial charge in [0.15, 0.2) is 0 Å². The fourth-order valence-corrected chi connectivity index (χ4v) is 2.46. The van der Waals surface area contributed by atoms with Crippen molar-refractivity contribution in [3.05, 3.63) is 29.8 Å². The molecule has 2 aliphatic rings. The second kappa shape index (κ2) is 2.97. The van der Waals surface area contributed by atoms with Crippen LogP contribution in [0.15, 0.2) is 24.3 Å². The Bertz CT molecular complexity index is 353. The topological polar surface area (TPSA) is 24.5 Å². The van der Waals surface area contributed by atoms with Crippen LogP contribution in [-0.4, -0.2) is 25.3 Å². The van der Waals surface area contributed by atoms with Crippen LogP contribution in [-0.2, 0) is 4.84 Å². The number of hydrogen-bond donors (Lipinski definition) is 1. The molecule has 3 heteroatoms. The molecule has 2 heterocycles. The smallest absolute Gasteiger partial charge is 0.0749 e. The zero-order valence-corrected chi connectivity index (χ0v) is 8.23. The molecule has 1 aromatic carbocycles. The number of hydroxylamine groups is 2. The normalized spacial score (nSPS) is 30.6. The van der Waals surface area contributed by atoms with Crippen LogP contribution in [0.3, 0.4) is 0 Å². The molecule has 1 fully saturated rings. The number of anilines is 1. The Morgan fingerprint density at radius 3 is 3.21 bits per heavy atom. The highest BCUT2D eigenvalue weighted by Crippen LogP contribution is 2.40. The summed E-state index contributed by atoms with van der Waals surface area (Å²) in [5.41, 5.74) is 2.62. The van der Waals surface area contributed by atoms with E-state index in [1.807, 2.05) is 12.1 Å². The number of benzene rings is 1. The van der Waals surface area contributed by atoms with E-state index in [4.69, 9.17) is 4.84 Å². The summed E-state index contributed by atoms with van der Waals surface area (Å²) in [6.45, 7) is 1.86. The predicted octanol–water partition coefficient (Wildman–Crippen LogP) is 1.65. The average Bonchev–Trinajstić information content (AvgIpc) is 2.61. The number of fused-ring (bicyclic) bond motifs is 3. The molecule has 14 heavy (non-hydrogen) atoms. The molecule has 1 saturated heterocycles. The first-order chi connectivity index (χ1) is 6.86. The maximum Gasteiger partial charge on any atom is 0.0749 e. The lowest BCUT2D eigenvalue weighted by atomic mass is 9.90. The van der Waals surface area contributed by atoms with Gasteiger partial charge in [0.1, 0.15) is 0 Å². The summed E-state index contributed by atoms with van der Waals surface area (Å²) >= 11 is 0. The molecule has 0 aromatic heterocycles. The number of rotatable bonds is 0. The van der Waals surface area contributed by atoms with E-state index in [9.17, 15) is 0 Å². The van der Waals surface area contributed by atoms with Gasteiger partial charge in [0.25, 0.3) is 0 Å². The van der Waals surface area contributed by atoms with Crippen molar-refractivity contribution in [3.8, 4) is 0 Å². The van der Waals surface area contributed by atoms with E-state index in [-0.39, 0.29) is 0 Å². The number of hydrogen-bond acceptors (Lipinski definition) is 3. The van der Waals surface area contributed by atoms with Crippen molar-refractivity contribution in [1.82, 2.24) is 5.06 Å². The standard InChI is InChI=1S/C11H14N2O/c1-13-11-8(7-14-13)6-12-10-5-3-2-4-9(10)11/h2-5,8,11-12H,6-7H2,1H3/t8-,11+/m0/s1.